The van der Waals surface area contributed by atoms with Gasteiger partial charge in [0.1, 0.15) is 5.82 Å². The van der Waals surface area contributed by atoms with Crippen molar-refractivity contribution in [1.82, 2.24) is 10.6 Å². The molecular weight excluding hydrogens is 349 g/mol. The minimum absolute atomic E-state index is 0.262. The highest BCUT2D eigenvalue weighted by atomic mass is 32.1. The van der Waals surface area contributed by atoms with Crippen molar-refractivity contribution in [1.29, 1.82) is 0 Å². The topological polar surface area (TPSA) is 53.2 Å². The molecule has 3 rings (SSSR count). The number of halogens is 1. The van der Waals surface area contributed by atoms with Crippen molar-refractivity contribution in [2.75, 3.05) is 5.32 Å². The highest BCUT2D eigenvalue weighted by Gasteiger charge is 2.30. The third-order valence-electron chi connectivity index (χ3n) is 4.36. The van der Waals surface area contributed by atoms with Gasteiger partial charge in [-0.2, -0.15) is 0 Å². The van der Waals surface area contributed by atoms with Crippen LogP contribution < -0.4 is 16.0 Å². The monoisotopic (exact) mass is 369 g/mol. The van der Waals surface area contributed by atoms with Gasteiger partial charge >= 0.3 is 0 Å². The lowest BCUT2D eigenvalue weighted by Gasteiger charge is -2.31. The average molecular weight is 369 g/mol. The molecule has 0 spiro atoms. The molecule has 6 heteroatoms. The Kier molecular flexibility index (Phi) is 5.04. The zero-order valence-electron chi connectivity index (χ0n) is 14.8. The summed E-state index contributed by atoms with van der Waals surface area (Å²) in [4.78, 5) is 13.0. The molecule has 1 heterocycles. The summed E-state index contributed by atoms with van der Waals surface area (Å²) >= 11 is 5.29. The summed E-state index contributed by atoms with van der Waals surface area (Å²) in [6, 6.07) is 11.4. The van der Waals surface area contributed by atoms with Crippen molar-refractivity contribution < 1.29 is 9.18 Å². The minimum atomic E-state index is -0.357. The van der Waals surface area contributed by atoms with Gasteiger partial charge < -0.3 is 16.0 Å². The fourth-order valence-corrected chi connectivity index (χ4v) is 3.30. The third kappa shape index (κ3) is 3.75. The van der Waals surface area contributed by atoms with Crippen LogP contribution in [0, 0.1) is 19.7 Å². The SMILES string of the molecule is CC1=C(C(=O)Nc2ccc(F)cc2)[C@@H](c2cc(C)ccc2C)NC(=S)N1. The number of carbonyl (C=O) groups excluding carboxylic acids is 1. The van der Waals surface area contributed by atoms with Gasteiger partial charge in [-0.05, 0) is 68.4 Å². The molecule has 0 saturated carbocycles. The van der Waals surface area contributed by atoms with Crippen molar-refractivity contribution in [3.05, 3.63) is 76.2 Å². The Morgan fingerprint density at radius 2 is 1.81 bits per heavy atom. The summed E-state index contributed by atoms with van der Waals surface area (Å²) in [5, 5.41) is 9.53. The van der Waals surface area contributed by atoms with Crippen LogP contribution >= 0.6 is 12.2 Å². The van der Waals surface area contributed by atoms with Gasteiger partial charge in [-0.1, -0.05) is 23.8 Å². The van der Waals surface area contributed by atoms with Gasteiger partial charge in [-0.25, -0.2) is 4.39 Å². The van der Waals surface area contributed by atoms with E-state index in [1.54, 1.807) is 0 Å². The molecule has 0 bridgehead atoms. The summed E-state index contributed by atoms with van der Waals surface area (Å²) in [6.07, 6.45) is 0. The van der Waals surface area contributed by atoms with Crippen molar-refractivity contribution in [3.63, 3.8) is 0 Å². The molecule has 0 unspecified atom stereocenters. The molecule has 0 saturated heterocycles. The molecule has 4 nitrogen and oxygen atoms in total. The zero-order chi connectivity index (χ0) is 18.8. The normalized spacial score (nSPS) is 16.8. The summed E-state index contributed by atoms with van der Waals surface area (Å²) in [6.45, 7) is 5.84. The van der Waals surface area contributed by atoms with E-state index in [0.29, 0.717) is 22.1 Å². The lowest BCUT2D eigenvalue weighted by molar-refractivity contribution is -0.113. The van der Waals surface area contributed by atoms with E-state index in [9.17, 15) is 9.18 Å². The number of amides is 1. The van der Waals surface area contributed by atoms with E-state index in [1.807, 2.05) is 32.9 Å². The maximum Gasteiger partial charge on any atom is 0.255 e. The maximum absolute atomic E-state index is 13.1. The van der Waals surface area contributed by atoms with Crippen molar-refractivity contribution >= 4 is 28.9 Å². The molecule has 0 fully saturated rings. The molecule has 1 aliphatic heterocycles. The van der Waals surface area contributed by atoms with Gasteiger partial charge in [0.2, 0.25) is 0 Å². The van der Waals surface area contributed by atoms with Crippen molar-refractivity contribution in [2.24, 2.45) is 0 Å². The summed E-state index contributed by atoms with van der Waals surface area (Å²) < 4.78 is 13.1. The number of benzene rings is 2. The van der Waals surface area contributed by atoms with E-state index >= 15 is 0 Å². The Labute approximate surface area is 157 Å². The zero-order valence-corrected chi connectivity index (χ0v) is 15.6. The lowest BCUT2D eigenvalue weighted by Crippen LogP contribution is -2.46. The number of hydrogen-bond donors (Lipinski definition) is 3. The fourth-order valence-electron chi connectivity index (χ4n) is 3.03. The number of aryl methyl sites for hydroxylation is 2. The molecule has 3 N–H and O–H groups in total. The van der Waals surface area contributed by atoms with Gasteiger partial charge in [0, 0.05) is 11.4 Å². The van der Waals surface area contributed by atoms with Crippen LogP contribution in [0.1, 0.15) is 29.7 Å². The van der Waals surface area contributed by atoms with E-state index in [0.717, 1.165) is 16.7 Å². The summed E-state index contributed by atoms with van der Waals surface area (Å²) in [5.74, 6) is -0.611. The molecule has 0 radical (unpaired) electrons. The molecular formula is C20H20FN3OS. The lowest BCUT2D eigenvalue weighted by atomic mass is 9.91. The van der Waals surface area contributed by atoms with Gasteiger partial charge in [0.05, 0.1) is 11.6 Å². The molecule has 2 aromatic carbocycles. The Bertz CT molecular complexity index is 906. The molecule has 26 heavy (non-hydrogen) atoms. The van der Waals surface area contributed by atoms with Gasteiger partial charge in [-0.3, -0.25) is 4.79 Å². The number of anilines is 1. The first kappa shape index (κ1) is 18.1. The van der Waals surface area contributed by atoms with Crippen LogP contribution in [0.4, 0.5) is 10.1 Å². The predicted octanol–water partition coefficient (Wildman–Crippen LogP) is 3.87. The Balaban J connectivity index is 1.98. The standard InChI is InChI=1S/C20H20FN3OS/c1-11-4-5-12(2)16(10-11)18-17(13(3)22-20(26)24-18)19(25)23-15-8-6-14(21)7-9-15/h4-10,18H,1-3H3,(H,23,25)(H2,22,24,26)/t18-/m1/s1. The molecule has 2 aromatic rings. The van der Waals surface area contributed by atoms with Crippen LogP contribution in [0.15, 0.2) is 53.7 Å². The quantitative estimate of drug-likeness (QED) is 0.719. The van der Waals surface area contributed by atoms with Gasteiger partial charge in [-0.15, -0.1) is 0 Å². The number of carbonyl (C=O) groups is 1. The first-order valence-corrected chi connectivity index (χ1v) is 8.68. The number of allylic oxidation sites excluding steroid dienone is 1. The van der Waals surface area contributed by atoms with E-state index in [2.05, 4.69) is 22.0 Å². The van der Waals surface area contributed by atoms with Crippen LogP contribution in [0.2, 0.25) is 0 Å². The smallest absolute Gasteiger partial charge is 0.255 e. The highest BCUT2D eigenvalue weighted by molar-refractivity contribution is 7.80. The summed E-state index contributed by atoms with van der Waals surface area (Å²) in [7, 11) is 0. The second-order valence-corrected chi connectivity index (χ2v) is 6.80. The van der Waals surface area contributed by atoms with Gasteiger partial charge in [0.25, 0.3) is 5.91 Å². The third-order valence-corrected chi connectivity index (χ3v) is 4.58. The largest absolute Gasteiger partial charge is 0.351 e. The van der Waals surface area contributed by atoms with Crippen LogP contribution in [-0.4, -0.2) is 11.0 Å². The second kappa shape index (κ2) is 7.25. The first-order valence-electron chi connectivity index (χ1n) is 8.27. The Hall–Kier alpha value is -2.73. The summed E-state index contributed by atoms with van der Waals surface area (Å²) in [5.41, 5.74) is 4.95. The van der Waals surface area contributed by atoms with Crippen LogP contribution in [-0.2, 0) is 4.79 Å². The van der Waals surface area contributed by atoms with E-state index in [4.69, 9.17) is 12.2 Å². The van der Waals surface area contributed by atoms with Crippen LogP contribution in [0.5, 0.6) is 0 Å². The molecule has 0 aliphatic carbocycles. The fraction of sp³-hybridized carbons (Fsp3) is 0.200. The van der Waals surface area contributed by atoms with Crippen molar-refractivity contribution in [3.8, 4) is 0 Å². The Morgan fingerprint density at radius 3 is 2.50 bits per heavy atom. The van der Waals surface area contributed by atoms with Crippen molar-refractivity contribution in [2.45, 2.75) is 26.8 Å². The molecule has 0 aromatic heterocycles. The minimum Gasteiger partial charge on any atom is -0.351 e. The predicted molar refractivity (Wildman–Crippen MR) is 105 cm³/mol. The van der Waals surface area contributed by atoms with Gasteiger partial charge in [0.15, 0.2) is 5.11 Å². The molecule has 1 atom stereocenters. The Morgan fingerprint density at radius 1 is 1.12 bits per heavy atom. The first-order chi connectivity index (χ1) is 12.3. The molecule has 1 amide bonds. The number of hydrogen-bond acceptors (Lipinski definition) is 2. The van der Waals surface area contributed by atoms with Crippen LogP contribution in [0.3, 0.4) is 0 Å². The molecule has 1 aliphatic rings. The van der Waals surface area contributed by atoms with E-state index in [-0.39, 0.29) is 17.8 Å². The van der Waals surface area contributed by atoms with E-state index < -0.39 is 0 Å². The molecule has 134 valence electrons. The average Bonchev–Trinajstić information content (AvgIpc) is 2.58. The van der Waals surface area contributed by atoms with E-state index in [1.165, 1.54) is 24.3 Å². The maximum atomic E-state index is 13.1. The van der Waals surface area contributed by atoms with Crippen LogP contribution in [0.25, 0.3) is 0 Å². The number of thiocarbonyl (C=S) groups is 1. The number of nitrogens with one attached hydrogen (secondary N) is 3. The number of rotatable bonds is 3. The second-order valence-electron chi connectivity index (χ2n) is 6.39. The highest BCUT2D eigenvalue weighted by Crippen LogP contribution is 2.30.